The predicted molar refractivity (Wildman–Crippen MR) is 102 cm³/mol. The molecule has 4 nitrogen and oxygen atoms in total. The van der Waals surface area contributed by atoms with Crippen LogP contribution in [0.2, 0.25) is 5.02 Å². The summed E-state index contributed by atoms with van der Waals surface area (Å²) in [5, 5.41) is 3.41. The molecular formula is C20H16ClNO3S. The number of thiazole rings is 1. The summed E-state index contributed by atoms with van der Waals surface area (Å²) < 4.78 is 5.35. The van der Waals surface area contributed by atoms with Gasteiger partial charge in [0.1, 0.15) is 6.61 Å². The molecule has 6 heteroatoms. The molecule has 0 radical (unpaired) electrons. The predicted octanol–water partition coefficient (Wildman–Crippen LogP) is 4.95. The van der Waals surface area contributed by atoms with Gasteiger partial charge in [-0.2, -0.15) is 0 Å². The molecular weight excluding hydrogens is 370 g/mol. The zero-order valence-corrected chi connectivity index (χ0v) is 15.6. The average Bonchev–Trinajstić information content (AvgIpc) is 3.14. The Morgan fingerprint density at radius 2 is 1.77 bits per heavy atom. The second-order valence-electron chi connectivity index (χ2n) is 5.54. The van der Waals surface area contributed by atoms with Crippen LogP contribution in [0.5, 0.6) is 0 Å². The first kappa shape index (κ1) is 18.3. The fourth-order valence-corrected chi connectivity index (χ4v) is 3.27. The van der Waals surface area contributed by atoms with Crippen LogP contribution in [0.4, 0.5) is 0 Å². The number of rotatable bonds is 6. The first-order valence-electron chi connectivity index (χ1n) is 8.08. The number of aromatic nitrogens is 1. The molecule has 0 spiro atoms. The van der Waals surface area contributed by atoms with Gasteiger partial charge in [0.2, 0.25) is 0 Å². The number of halogens is 1. The summed E-state index contributed by atoms with van der Waals surface area (Å²) in [4.78, 5) is 29.6. The summed E-state index contributed by atoms with van der Waals surface area (Å²) in [7, 11) is 0. The van der Waals surface area contributed by atoms with E-state index >= 15 is 0 Å². The molecule has 0 N–H and O–H groups in total. The quantitative estimate of drug-likeness (QED) is 0.445. The van der Waals surface area contributed by atoms with Gasteiger partial charge in [-0.25, -0.2) is 9.78 Å². The van der Waals surface area contributed by atoms with Gasteiger partial charge in [0.15, 0.2) is 5.78 Å². The third kappa shape index (κ3) is 4.18. The van der Waals surface area contributed by atoms with Crippen LogP contribution in [0.25, 0.3) is 0 Å². The highest BCUT2D eigenvalue weighted by Crippen LogP contribution is 2.19. The molecule has 0 aliphatic carbocycles. The fraction of sp³-hybridized carbons (Fsp3) is 0.150. The highest BCUT2D eigenvalue weighted by Gasteiger charge is 2.19. The summed E-state index contributed by atoms with van der Waals surface area (Å²) in [5.74, 6) is -0.801. The van der Waals surface area contributed by atoms with Crippen molar-refractivity contribution >= 4 is 34.7 Å². The molecule has 0 amide bonds. The van der Waals surface area contributed by atoms with E-state index in [1.165, 1.54) is 11.3 Å². The normalized spacial score (nSPS) is 10.5. The number of esters is 1. The van der Waals surface area contributed by atoms with Crippen molar-refractivity contribution in [3.63, 3.8) is 0 Å². The zero-order chi connectivity index (χ0) is 18.5. The summed E-state index contributed by atoms with van der Waals surface area (Å²) in [5.41, 5.74) is 1.70. The SMILES string of the molecule is CCc1nc(COC(=O)c2ccccc2C(=O)c2ccc(Cl)cc2)cs1. The molecule has 0 atom stereocenters. The van der Waals surface area contributed by atoms with Gasteiger partial charge < -0.3 is 4.74 Å². The molecule has 26 heavy (non-hydrogen) atoms. The third-order valence-corrected chi connectivity index (χ3v) is 5.04. The highest BCUT2D eigenvalue weighted by atomic mass is 35.5. The Hall–Kier alpha value is -2.50. The van der Waals surface area contributed by atoms with Gasteiger partial charge in [-0.3, -0.25) is 4.79 Å². The molecule has 3 aromatic rings. The lowest BCUT2D eigenvalue weighted by atomic mass is 9.98. The molecule has 0 saturated carbocycles. The standard InChI is InChI=1S/C20H16ClNO3S/c1-2-18-22-15(12-26-18)11-25-20(24)17-6-4-3-5-16(17)19(23)13-7-9-14(21)10-8-13/h3-10,12H,2,11H2,1H3. The van der Waals surface area contributed by atoms with E-state index in [2.05, 4.69) is 4.98 Å². The van der Waals surface area contributed by atoms with E-state index in [1.54, 1.807) is 48.5 Å². The van der Waals surface area contributed by atoms with E-state index in [0.717, 1.165) is 11.4 Å². The van der Waals surface area contributed by atoms with Crippen molar-refractivity contribution in [2.45, 2.75) is 20.0 Å². The lowest BCUT2D eigenvalue weighted by Crippen LogP contribution is -2.12. The Kier molecular flexibility index (Phi) is 5.81. The number of benzene rings is 2. The van der Waals surface area contributed by atoms with Crippen LogP contribution >= 0.6 is 22.9 Å². The Labute approximate surface area is 160 Å². The summed E-state index contributed by atoms with van der Waals surface area (Å²) >= 11 is 7.40. The lowest BCUT2D eigenvalue weighted by molar-refractivity contribution is 0.0465. The minimum Gasteiger partial charge on any atom is -0.456 e. The van der Waals surface area contributed by atoms with Crippen molar-refractivity contribution < 1.29 is 14.3 Å². The van der Waals surface area contributed by atoms with Gasteiger partial charge in [0.25, 0.3) is 0 Å². The van der Waals surface area contributed by atoms with Crippen LogP contribution in [0, 0.1) is 0 Å². The number of hydrogen-bond acceptors (Lipinski definition) is 5. The van der Waals surface area contributed by atoms with Crippen molar-refractivity contribution in [2.24, 2.45) is 0 Å². The number of ether oxygens (including phenoxy) is 1. The van der Waals surface area contributed by atoms with Crippen LogP contribution in [-0.2, 0) is 17.8 Å². The Morgan fingerprint density at radius 1 is 1.08 bits per heavy atom. The van der Waals surface area contributed by atoms with Gasteiger partial charge >= 0.3 is 5.97 Å². The van der Waals surface area contributed by atoms with Crippen LogP contribution in [0.1, 0.15) is 43.9 Å². The van der Waals surface area contributed by atoms with Crippen molar-refractivity contribution in [3.05, 3.63) is 86.3 Å². The molecule has 2 aromatic carbocycles. The van der Waals surface area contributed by atoms with Crippen LogP contribution in [0.15, 0.2) is 53.9 Å². The average molecular weight is 386 g/mol. The number of nitrogens with zero attached hydrogens (tertiary/aromatic N) is 1. The third-order valence-electron chi connectivity index (χ3n) is 3.75. The van der Waals surface area contributed by atoms with E-state index in [0.29, 0.717) is 21.8 Å². The molecule has 0 aliphatic rings. The van der Waals surface area contributed by atoms with E-state index in [1.807, 2.05) is 12.3 Å². The van der Waals surface area contributed by atoms with Gasteiger partial charge in [0, 0.05) is 21.5 Å². The van der Waals surface area contributed by atoms with Crippen LogP contribution in [-0.4, -0.2) is 16.7 Å². The largest absolute Gasteiger partial charge is 0.456 e. The molecule has 3 rings (SSSR count). The number of aryl methyl sites for hydroxylation is 1. The molecule has 0 aliphatic heterocycles. The van der Waals surface area contributed by atoms with Crippen LogP contribution in [0.3, 0.4) is 0 Å². The second-order valence-corrected chi connectivity index (χ2v) is 6.92. The van der Waals surface area contributed by atoms with Crippen molar-refractivity contribution in [1.29, 1.82) is 0 Å². The Balaban J connectivity index is 1.78. The van der Waals surface area contributed by atoms with E-state index in [-0.39, 0.29) is 18.0 Å². The van der Waals surface area contributed by atoms with Gasteiger partial charge in [-0.05, 0) is 36.8 Å². The number of carbonyl (C=O) groups is 2. The number of ketones is 1. The number of carbonyl (C=O) groups excluding carboxylic acids is 2. The first-order valence-corrected chi connectivity index (χ1v) is 9.34. The molecule has 1 aromatic heterocycles. The fourth-order valence-electron chi connectivity index (χ4n) is 2.41. The van der Waals surface area contributed by atoms with Gasteiger partial charge in [0.05, 0.1) is 16.3 Å². The molecule has 132 valence electrons. The maximum absolute atomic E-state index is 12.7. The minimum atomic E-state index is -0.547. The molecule has 1 heterocycles. The zero-order valence-electron chi connectivity index (χ0n) is 14.1. The minimum absolute atomic E-state index is 0.0821. The highest BCUT2D eigenvalue weighted by molar-refractivity contribution is 7.09. The van der Waals surface area contributed by atoms with Crippen molar-refractivity contribution in [2.75, 3.05) is 0 Å². The summed E-state index contributed by atoms with van der Waals surface area (Å²) in [6.07, 6.45) is 0.844. The van der Waals surface area contributed by atoms with Gasteiger partial charge in [-0.15, -0.1) is 11.3 Å². The van der Waals surface area contributed by atoms with E-state index < -0.39 is 5.97 Å². The van der Waals surface area contributed by atoms with Crippen molar-refractivity contribution in [1.82, 2.24) is 4.98 Å². The second kappa shape index (κ2) is 8.25. The number of hydrogen-bond donors (Lipinski definition) is 0. The molecule has 0 unspecified atom stereocenters. The summed E-state index contributed by atoms with van der Waals surface area (Å²) in [6.45, 7) is 2.10. The topological polar surface area (TPSA) is 56.3 Å². The summed E-state index contributed by atoms with van der Waals surface area (Å²) in [6, 6.07) is 13.2. The Morgan fingerprint density at radius 3 is 2.42 bits per heavy atom. The maximum Gasteiger partial charge on any atom is 0.339 e. The molecule has 0 fully saturated rings. The molecule has 0 bridgehead atoms. The monoisotopic (exact) mass is 385 g/mol. The maximum atomic E-state index is 12.7. The van der Waals surface area contributed by atoms with Crippen LogP contribution < -0.4 is 0 Å². The molecule has 0 saturated heterocycles. The lowest BCUT2D eigenvalue weighted by Gasteiger charge is -2.08. The Bertz CT molecular complexity index is 934. The smallest absolute Gasteiger partial charge is 0.339 e. The van der Waals surface area contributed by atoms with Gasteiger partial charge in [-0.1, -0.05) is 36.7 Å². The van der Waals surface area contributed by atoms with E-state index in [9.17, 15) is 9.59 Å². The van der Waals surface area contributed by atoms with E-state index in [4.69, 9.17) is 16.3 Å². The van der Waals surface area contributed by atoms with Crippen molar-refractivity contribution in [3.8, 4) is 0 Å². The first-order chi connectivity index (χ1) is 12.6.